The van der Waals surface area contributed by atoms with Gasteiger partial charge in [0.15, 0.2) is 6.10 Å². The van der Waals surface area contributed by atoms with Crippen LogP contribution in [0.3, 0.4) is 0 Å². The molecule has 0 heterocycles. The highest BCUT2D eigenvalue weighted by molar-refractivity contribution is 5.71. The Bertz CT molecular complexity index is 1430. The third-order valence-corrected chi connectivity index (χ3v) is 12.8. The van der Waals surface area contributed by atoms with Crippen molar-refractivity contribution in [1.82, 2.24) is 0 Å². The largest absolute Gasteiger partial charge is 0.462 e. The Labute approximate surface area is 445 Å². The van der Waals surface area contributed by atoms with Gasteiger partial charge in [0.1, 0.15) is 13.2 Å². The van der Waals surface area contributed by atoms with Crippen LogP contribution in [0.5, 0.6) is 0 Å². The lowest BCUT2D eigenvalue weighted by atomic mass is 10.0. The van der Waals surface area contributed by atoms with Crippen molar-refractivity contribution in [1.29, 1.82) is 0 Å². The van der Waals surface area contributed by atoms with Crippen LogP contribution < -0.4 is 0 Å². The van der Waals surface area contributed by atoms with E-state index in [1.165, 1.54) is 135 Å². The lowest BCUT2D eigenvalue weighted by molar-refractivity contribution is -0.166. The van der Waals surface area contributed by atoms with Crippen molar-refractivity contribution in [2.24, 2.45) is 0 Å². The highest BCUT2D eigenvalue weighted by atomic mass is 16.6. The van der Waals surface area contributed by atoms with Crippen LogP contribution in [-0.4, -0.2) is 37.2 Å². The Kier molecular flexibility index (Phi) is 56.8. The van der Waals surface area contributed by atoms with Gasteiger partial charge in [0.2, 0.25) is 0 Å². The summed E-state index contributed by atoms with van der Waals surface area (Å²) in [6.45, 7) is 6.45. The molecule has 72 heavy (non-hydrogen) atoms. The molecule has 0 aromatic carbocycles. The molecule has 0 aliphatic heterocycles. The second-order valence-electron chi connectivity index (χ2n) is 19.9. The summed E-state index contributed by atoms with van der Waals surface area (Å²) in [5.74, 6) is -1.00. The number of carbonyl (C=O) groups excluding carboxylic acids is 3. The number of esters is 3. The highest BCUT2D eigenvalue weighted by Crippen LogP contribution is 2.16. The summed E-state index contributed by atoms with van der Waals surface area (Å²) in [6, 6.07) is 0. The minimum atomic E-state index is -0.824. The van der Waals surface area contributed by atoms with E-state index < -0.39 is 12.1 Å². The van der Waals surface area contributed by atoms with Crippen molar-refractivity contribution in [3.63, 3.8) is 0 Å². The Morgan fingerprint density at radius 1 is 0.292 bits per heavy atom. The monoisotopic (exact) mass is 1000 g/mol. The molecule has 0 bridgehead atoms. The van der Waals surface area contributed by atoms with Gasteiger partial charge in [-0.2, -0.15) is 0 Å². The van der Waals surface area contributed by atoms with E-state index in [0.29, 0.717) is 19.3 Å². The quantitative estimate of drug-likeness (QED) is 0.0261. The second-order valence-corrected chi connectivity index (χ2v) is 19.9. The molecule has 0 aromatic heterocycles. The predicted octanol–water partition coefficient (Wildman–Crippen LogP) is 20.5. The Balaban J connectivity index is 4.48. The average Bonchev–Trinajstić information content (AvgIpc) is 3.38. The van der Waals surface area contributed by atoms with E-state index in [2.05, 4.69) is 112 Å². The SMILES string of the molecule is CC/C=C\C/C=C\C/C=C\C/C=C\C/C=C\C/C=C\CCC(=O)OC(COC(=O)CCCCCCC/C=C\C/C=C\CCCCC)COC(=O)CCCCCCCCCCCCCCCCCCCCCC. The van der Waals surface area contributed by atoms with Gasteiger partial charge in [-0.05, 0) is 89.9 Å². The maximum atomic E-state index is 12.8. The van der Waals surface area contributed by atoms with Crippen molar-refractivity contribution in [2.45, 2.75) is 290 Å². The molecule has 0 spiro atoms. The lowest BCUT2D eigenvalue weighted by Gasteiger charge is -2.18. The zero-order valence-electron chi connectivity index (χ0n) is 47.2. The van der Waals surface area contributed by atoms with Gasteiger partial charge in [-0.25, -0.2) is 0 Å². The number of unbranched alkanes of at least 4 members (excludes halogenated alkanes) is 27. The van der Waals surface area contributed by atoms with Crippen LogP contribution >= 0.6 is 0 Å². The molecule has 0 saturated heterocycles. The normalized spacial score (nSPS) is 12.8. The van der Waals surface area contributed by atoms with E-state index in [1.54, 1.807) is 0 Å². The molecule has 0 aliphatic carbocycles. The van der Waals surface area contributed by atoms with Gasteiger partial charge in [0, 0.05) is 19.3 Å². The topological polar surface area (TPSA) is 78.9 Å². The van der Waals surface area contributed by atoms with Gasteiger partial charge in [0.05, 0.1) is 0 Å². The Morgan fingerprint density at radius 2 is 0.569 bits per heavy atom. The van der Waals surface area contributed by atoms with Gasteiger partial charge >= 0.3 is 17.9 Å². The molecule has 0 aliphatic rings. The molecule has 0 amide bonds. The summed E-state index contributed by atoms with van der Waals surface area (Å²) in [4.78, 5) is 38.2. The fourth-order valence-corrected chi connectivity index (χ4v) is 8.32. The fourth-order valence-electron chi connectivity index (χ4n) is 8.32. The molecule has 412 valence electrons. The summed E-state index contributed by atoms with van der Waals surface area (Å²) in [5.41, 5.74) is 0. The number of ether oxygens (including phenoxy) is 3. The van der Waals surface area contributed by atoms with E-state index in [4.69, 9.17) is 14.2 Å². The van der Waals surface area contributed by atoms with Crippen LogP contribution in [0.25, 0.3) is 0 Å². The summed E-state index contributed by atoms with van der Waals surface area (Å²) >= 11 is 0. The van der Waals surface area contributed by atoms with Crippen molar-refractivity contribution in [3.05, 3.63) is 97.2 Å². The Morgan fingerprint density at radius 3 is 0.931 bits per heavy atom. The molecule has 6 heteroatoms. The zero-order valence-corrected chi connectivity index (χ0v) is 47.2. The van der Waals surface area contributed by atoms with Crippen LogP contribution in [0.15, 0.2) is 97.2 Å². The molecular formula is C66H112O6. The molecule has 1 unspecified atom stereocenters. The highest BCUT2D eigenvalue weighted by Gasteiger charge is 2.19. The standard InChI is InChI=1S/C66H112O6/c1-4-7-10-13-16-19-22-25-28-30-32-34-35-38-41-44-47-50-53-56-59-65(68)71-62-63(61-70-64(67)58-55-52-49-46-43-40-37-27-24-21-18-15-12-9-6-3)72-66(69)60-57-54-51-48-45-42-39-36-33-31-29-26-23-20-17-14-11-8-5-2/h8,11,17-18,20-21,26-27,29,33,36-37,42,45,51,54,63H,4-7,9-10,12-16,19,22-25,28,30-32,34-35,38-41,43-44,46-50,52-53,55-62H2,1-3H3/b11-8-,20-17-,21-18-,29-26-,36-33-,37-27-,45-42-,54-51-. The number of hydrogen-bond acceptors (Lipinski definition) is 6. The zero-order chi connectivity index (χ0) is 52.2. The third kappa shape index (κ3) is 57.2. The van der Waals surface area contributed by atoms with Gasteiger partial charge in [-0.3, -0.25) is 14.4 Å². The minimum Gasteiger partial charge on any atom is -0.462 e. The van der Waals surface area contributed by atoms with Crippen LogP contribution in [0.1, 0.15) is 284 Å². The first-order valence-electron chi connectivity index (χ1n) is 30.2. The molecule has 0 saturated carbocycles. The van der Waals surface area contributed by atoms with E-state index in [-0.39, 0.29) is 31.6 Å². The molecule has 0 radical (unpaired) electrons. The van der Waals surface area contributed by atoms with E-state index in [1.807, 2.05) is 6.08 Å². The number of allylic oxidation sites excluding steroid dienone is 16. The van der Waals surface area contributed by atoms with Crippen molar-refractivity contribution < 1.29 is 28.6 Å². The Hall–Kier alpha value is -3.67. The third-order valence-electron chi connectivity index (χ3n) is 12.8. The lowest BCUT2D eigenvalue weighted by Crippen LogP contribution is -2.30. The van der Waals surface area contributed by atoms with Crippen LogP contribution in [0.2, 0.25) is 0 Å². The van der Waals surface area contributed by atoms with Crippen LogP contribution in [-0.2, 0) is 28.6 Å². The number of carbonyl (C=O) groups is 3. The maximum Gasteiger partial charge on any atom is 0.306 e. The maximum absolute atomic E-state index is 12.8. The first-order valence-corrected chi connectivity index (χ1v) is 30.2. The predicted molar refractivity (Wildman–Crippen MR) is 311 cm³/mol. The molecule has 6 nitrogen and oxygen atoms in total. The van der Waals surface area contributed by atoms with Gasteiger partial charge in [-0.15, -0.1) is 0 Å². The van der Waals surface area contributed by atoms with Crippen molar-refractivity contribution >= 4 is 17.9 Å². The molecule has 0 aromatic rings. The smallest absolute Gasteiger partial charge is 0.306 e. The first kappa shape index (κ1) is 68.3. The van der Waals surface area contributed by atoms with Crippen molar-refractivity contribution in [2.75, 3.05) is 13.2 Å². The summed E-state index contributed by atoms with van der Waals surface area (Å²) in [7, 11) is 0. The summed E-state index contributed by atoms with van der Waals surface area (Å²) in [6.07, 6.45) is 79.9. The fraction of sp³-hybridized carbons (Fsp3) is 0.712. The molecule has 0 N–H and O–H groups in total. The summed E-state index contributed by atoms with van der Waals surface area (Å²) < 4.78 is 16.8. The molecule has 1 atom stereocenters. The van der Waals surface area contributed by atoms with E-state index >= 15 is 0 Å². The minimum absolute atomic E-state index is 0.110. The van der Waals surface area contributed by atoms with Crippen LogP contribution in [0, 0.1) is 0 Å². The second kappa shape index (κ2) is 59.9. The van der Waals surface area contributed by atoms with E-state index in [9.17, 15) is 14.4 Å². The van der Waals surface area contributed by atoms with Gasteiger partial charge in [0.25, 0.3) is 0 Å². The number of hydrogen-bond donors (Lipinski definition) is 0. The average molecular weight is 1000 g/mol. The molecule has 0 rings (SSSR count). The van der Waals surface area contributed by atoms with E-state index in [0.717, 1.165) is 103 Å². The number of rotatable bonds is 54. The first-order chi connectivity index (χ1) is 35.5. The van der Waals surface area contributed by atoms with Crippen LogP contribution in [0.4, 0.5) is 0 Å². The molecular weight excluding hydrogens is 889 g/mol. The summed E-state index contributed by atoms with van der Waals surface area (Å²) in [5, 5.41) is 0. The van der Waals surface area contributed by atoms with Crippen molar-refractivity contribution in [3.8, 4) is 0 Å². The van der Waals surface area contributed by atoms with Gasteiger partial charge in [-0.1, -0.05) is 272 Å². The van der Waals surface area contributed by atoms with Gasteiger partial charge < -0.3 is 14.2 Å². The molecule has 0 fully saturated rings.